The van der Waals surface area contributed by atoms with Crippen LogP contribution in [0.4, 0.5) is 5.82 Å². The van der Waals surface area contributed by atoms with Crippen molar-refractivity contribution < 1.29 is 13.2 Å². The van der Waals surface area contributed by atoms with E-state index in [1.807, 2.05) is 0 Å². The molecular formula is C11H12ClN5O3S. The number of rotatable bonds is 4. The second-order valence-corrected chi connectivity index (χ2v) is 6.15. The van der Waals surface area contributed by atoms with Crippen molar-refractivity contribution in [1.29, 1.82) is 0 Å². The molecule has 21 heavy (non-hydrogen) atoms. The molecule has 2 aromatic rings. The van der Waals surface area contributed by atoms with Gasteiger partial charge in [0.15, 0.2) is 5.82 Å². The topological polar surface area (TPSA) is 106 Å². The molecule has 0 fully saturated rings. The van der Waals surface area contributed by atoms with Crippen molar-refractivity contribution in [2.75, 3.05) is 11.8 Å². The van der Waals surface area contributed by atoms with E-state index in [1.54, 1.807) is 7.05 Å². The molecule has 0 aliphatic carbocycles. The molecule has 0 spiro atoms. The molecular weight excluding hydrogens is 318 g/mol. The Morgan fingerprint density at radius 2 is 2.05 bits per heavy atom. The van der Waals surface area contributed by atoms with Gasteiger partial charge in [-0.1, -0.05) is 11.6 Å². The molecule has 1 amide bonds. The average Bonchev–Trinajstić information content (AvgIpc) is 2.83. The molecule has 0 atom stereocenters. The molecule has 0 unspecified atom stereocenters. The van der Waals surface area contributed by atoms with E-state index >= 15 is 0 Å². The molecule has 0 radical (unpaired) electrons. The van der Waals surface area contributed by atoms with E-state index in [0.717, 1.165) is 0 Å². The Labute approximate surface area is 126 Å². The number of aromatic nitrogens is 3. The first-order chi connectivity index (χ1) is 9.83. The number of hydrogen-bond donors (Lipinski definition) is 2. The van der Waals surface area contributed by atoms with E-state index in [0.29, 0.717) is 0 Å². The van der Waals surface area contributed by atoms with Crippen LogP contribution in [0.2, 0.25) is 5.15 Å². The van der Waals surface area contributed by atoms with Gasteiger partial charge in [0.25, 0.3) is 15.9 Å². The van der Waals surface area contributed by atoms with Crippen LogP contribution in [0.3, 0.4) is 0 Å². The minimum Gasteiger partial charge on any atom is -0.354 e. The van der Waals surface area contributed by atoms with Crippen LogP contribution in [0.5, 0.6) is 0 Å². The third-order valence-electron chi connectivity index (χ3n) is 2.61. The molecule has 0 aliphatic heterocycles. The van der Waals surface area contributed by atoms with Gasteiger partial charge in [-0.3, -0.25) is 9.52 Å². The van der Waals surface area contributed by atoms with Gasteiger partial charge in [-0.2, -0.15) is 0 Å². The molecule has 0 saturated carbocycles. The molecule has 0 aromatic carbocycles. The molecule has 0 aliphatic rings. The summed E-state index contributed by atoms with van der Waals surface area (Å²) in [6.45, 7) is 0. The fourth-order valence-electron chi connectivity index (χ4n) is 1.60. The monoisotopic (exact) mass is 329 g/mol. The average molecular weight is 330 g/mol. The normalized spacial score (nSPS) is 11.2. The van der Waals surface area contributed by atoms with Crippen LogP contribution in [0.1, 0.15) is 10.5 Å². The van der Waals surface area contributed by atoms with E-state index in [-0.39, 0.29) is 27.5 Å². The maximum absolute atomic E-state index is 12.2. The number of nitrogens with zero attached hydrogens (tertiary/aromatic N) is 3. The Hall–Kier alpha value is -2.13. The van der Waals surface area contributed by atoms with Crippen LogP contribution in [-0.4, -0.2) is 35.9 Å². The summed E-state index contributed by atoms with van der Waals surface area (Å²) in [5.74, 6) is -0.352. The molecule has 112 valence electrons. The van der Waals surface area contributed by atoms with Gasteiger partial charge < -0.3 is 9.88 Å². The Bertz CT molecular complexity index is 770. The van der Waals surface area contributed by atoms with Crippen LogP contribution in [-0.2, 0) is 17.1 Å². The molecule has 2 N–H and O–H groups in total. The molecule has 2 heterocycles. The third kappa shape index (κ3) is 3.31. The number of hydrogen-bond acceptors (Lipinski definition) is 5. The van der Waals surface area contributed by atoms with Gasteiger partial charge in [-0.15, -0.1) is 0 Å². The van der Waals surface area contributed by atoms with Crippen LogP contribution in [0, 0.1) is 0 Å². The van der Waals surface area contributed by atoms with Crippen LogP contribution < -0.4 is 10.0 Å². The van der Waals surface area contributed by atoms with E-state index in [9.17, 15) is 13.2 Å². The first-order valence-electron chi connectivity index (χ1n) is 5.72. The number of halogens is 1. The van der Waals surface area contributed by atoms with Gasteiger partial charge in [-0.25, -0.2) is 18.4 Å². The summed E-state index contributed by atoms with van der Waals surface area (Å²) in [7, 11) is -0.828. The third-order valence-corrected chi connectivity index (χ3v) is 4.13. The van der Waals surface area contributed by atoms with Gasteiger partial charge in [0, 0.05) is 20.3 Å². The number of amides is 1. The van der Waals surface area contributed by atoms with Gasteiger partial charge in [0.2, 0.25) is 0 Å². The van der Waals surface area contributed by atoms with Crippen molar-refractivity contribution >= 4 is 33.3 Å². The highest BCUT2D eigenvalue weighted by atomic mass is 35.5. The minimum absolute atomic E-state index is 0.0322. The summed E-state index contributed by atoms with van der Waals surface area (Å²) in [5, 5.41) is 2.58. The van der Waals surface area contributed by atoms with Gasteiger partial charge in [-0.05, 0) is 6.07 Å². The van der Waals surface area contributed by atoms with Crippen molar-refractivity contribution in [3.8, 4) is 0 Å². The Morgan fingerprint density at radius 3 is 2.62 bits per heavy atom. The zero-order chi connectivity index (χ0) is 15.6. The first-order valence-corrected chi connectivity index (χ1v) is 7.58. The molecule has 2 aromatic heterocycles. The maximum atomic E-state index is 12.2. The van der Waals surface area contributed by atoms with Gasteiger partial charge in [0.1, 0.15) is 15.7 Å². The highest BCUT2D eigenvalue weighted by Crippen LogP contribution is 2.17. The minimum atomic E-state index is -3.87. The molecule has 2 rings (SSSR count). The SMILES string of the molecule is CNC(=O)c1cc(S(=O)(=O)Nc2cnc(Cl)cn2)cn1C. The number of carbonyl (C=O) groups excluding carboxylic acids is 1. The summed E-state index contributed by atoms with van der Waals surface area (Å²) < 4.78 is 28.1. The first kappa shape index (κ1) is 15.3. The highest BCUT2D eigenvalue weighted by molar-refractivity contribution is 7.92. The van der Waals surface area contributed by atoms with Gasteiger partial charge >= 0.3 is 0 Å². The second kappa shape index (κ2) is 5.70. The Kier molecular flexibility index (Phi) is 4.14. The lowest BCUT2D eigenvalue weighted by Gasteiger charge is -2.04. The quantitative estimate of drug-likeness (QED) is 0.855. The second-order valence-electron chi connectivity index (χ2n) is 4.08. The summed E-state index contributed by atoms with van der Waals surface area (Å²) in [6, 6.07) is 1.27. The molecule has 8 nitrogen and oxygen atoms in total. The van der Waals surface area contributed by atoms with E-state index in [4.69, 9.17) is 11.6 Å². The molecule has 10 heteroatoms. The van der Waals surface area contributed by atoms with Crippen molar-refractivity contribution in [3.63, 3.8) is 0 Å². The fourth-order valence-corrected chi connectivity index (χ4v) is 2.76. The van der Waals surface area contributed by atoms with Crippen molar-refractivity contribution in [1.82, 2.24) is 19.9 Å². The largest absolute Gasteiger partial charge is 0.354 e. The lowest BCUT2D eigenvalue weighted by molar-refractivity contribution is 0.0955. The summed E-state index contributed by atoms with van der Waals surface area (Å²) >= 11 is 5.58. The number of aryl methyl sites for hydroxylation is 1. The van der Waals surface area contributed by atoms with Crippen molar-refractivity contribution in [2.24, 2.45) is 7.05 Å². The molecule has 0 bridgehead atoms. The highest BCUT2D eigenvalue weighted by Gasteiger charge is 2.20. The standard InChI is InChI=1S/C11H12ClN5O3S/c1-13-11(18)8-3-7(6-17(8)2)21(19,20)16-10-5-14-9(12)4-15-10/h3-6H,1-2H3,(H,13,18)(H,15,16). The van der Waals surface area contributed by atoms with Gasteiger partial charge in [0.05, 0.1) is 12.4 Å². The number of anilines is 1. The lowest BCUT2D eigenvalue weighted by atomic mass is 10.4. The lowest BCUT2D eigenvalue weighted by Crippen LogP contribution is -2.20. The number of sulfonamides is 1. The Morgan fingerprint density at radius 1 is 1.33 bits per heavy atom. The van der Waals surface area contributed by atoms with E-state index in [1.165, 1.54) is 36.3 Å². The fraction of sp³-hybridized carbons (Fsp3) is 0.182. The van der Waals surface area contributed by atoms with Crippen molar-refractivity contribution in [3.05, 3.63) is 35.5 Å². The molecule has 0 saturated heterocycles. The van der Waals surface area contributed by atoms with E-state index < -0.39 is 10.0 Å². The predicted molar refractivity (Wildman–Crippen MR) is 76.7 cm³/mol. The number of carbonyl (C=O) groups is 1. The zero-order valence-corrected chi connectivity index (χ0v) is 12.7. The van der Waals surface area contributed by atoms with Crippen LogP contribution in [0.25, 0.3) is 0 Å². The zero-order valence-electron chi connectivity index (χ0n) is 11.2. The van der Waals surface area contributed by atoms with Crippen LogP contribution in [0.15, 0.2) is 29.6 Å². The summed E-state index contributed by atoms with van der Waals surface area (Å²) in [4.78, 5) is 19.1. The van der Waals surface area contributed by atoms with E-state index in [2.05, 4.69) is 20.0 Å². The maximum Gasteiger partial charge on any atom is 0.267 e. The van der Waals surface area contributed by atoms with Crippen molar-refractivity contribution in [2.45, 2.75) is 4.90 Å². The number of nitrogens with one attached hydrogen (secondary N) is 2. The summed E-state index contributed by atoms with van der Waals surface area (Å²) in [5.41, 5.74) is 0.222. The summed E-state index contributed by atoms with van der Waals surface area (Å²) in [6.07, 6.45) is 3.75. The van der Waals surface area contributed by atoms with Crippen LogP contribution >= 0.6 is 11.6 Å². The Balaban J connectivity index is 2.31. The predicted octanol–water partition coefficient (Wildman–Crippen LogP) is 0.629. The smallest absolute Gasteiger partial charge is 0.267 e.